The maximum Gasteiger partial charge on any atom is 0.170 e. The third-order valence-electron chi connectivity index (χ3n) is 5.24. The minimum atomic E-state index is 0.364. The van der Waals surface area contributed by atoms with Gasteiger partial charge in [-0.05, 0) is 112 Å². The normalized spacial score (nSPS) is 17.7. The molecule has 2 aromatic carbocycles. The third kappa shape index (κ3) is 7.84. The molecule has 6 nitrogen and oxygen atoms in total. The second-order valence-electron chi connectivity index (χ2n) is 7.66. The number of thiocarbonyl (C=S) groups is 2. The molecule has 0 amide bonds. The van der Waals surface area contributed by atoms with Crippen LogP contribution in [-0.2, 0) is 0 Å². The van der Waals surface area contributed by atoms with Gasteiger partial charge in [0.1, 0.15) is 11.5 Å². The number of ether oxygens (including phenoxy) is 2. The molecule has 0 spiro atoms. The van der Waals surface area contributed by atoms with Gasteiger partial charge in [0.15, 0.2) is 10.2 Å². The van der Waals surface area contributed by atoms with Gasteiger partial charge in [0.25, 0.3) is 0 Å². The van der Waals surface area contributed by atoms with Crippen molar-refractivity contribution in [2.75, 3.05) is 23.8 Å². The molecule has 2 aromatic rings. The van der Waals surface area contributed by atoms with Crippen LogP contribution in [0.5, 0.6) is 11.5 Å². The molecule has 3 rings (SSSR count). The van der Waals surface area contributed by atoms with E-state index in [2.05, 4.69) is 21.3 Å². The zero-order valence-electron chi connectivity index (χ0n) is 18.6. The van der Waals surface area contributed by atoms with Crippen molar-refractivity contribution >= 4 is 46.0 Å². The van der Waals surface area contributed by atoms with Gasteiger partial charge in [0.2, 0.25) is 0 Å². The van der Waals surface area contributed by atoms with Crippen molar-refractivity contribution in [3.05, 3.63) is 48.5 Å². The summed E-state index contributed by atoms with van der Waals surface area (Å²) < 4.78 is 10.9. The lowest BCUT2D eigenvalue weighted by Crippen LogP contribution is -2.45. The number of nitrogens with one attached hydrogen (secondary N) is 4. The van der Waals surface area contributed by atoms with Crippen molar-refractivity contribution in [3.63, 3.8) is 0 Å². The highest BCUT2D eigenvalue weighted by atomic mass is 32.1. The SMILES string of the molecule is CCOc1ccc(NC(=S)NC2CCC(NC(=S)Nc3ccc(OCC)cc3)CC2)cc1. The average molecular weight is 473 g/mol. The van der Waals surface area contributed by atoms with Crippen LogP contribution in [0.1, 0.15) is 39.5 Å². The fraction of sp³-hybridized carbons (Fsp3) is 0.417. The summed E-state index contributed by atoms with van der Waals surface area (Å²) in [6.45, 7) is 5.27. The summed E-state index contributed by atoms with van der Waals surface area (Å²) in [4.78, 5) is 0. The zero-order chi connectivity index (χ0) is 22.8. The van der Waals surface area contributed by atoms with Crippen LogP contribution < -0.4 is 30.7 Å². The molecule has 1 saturated carbocycles. The van der Waals surface area contributed by atoms with Crippen molar-refractivity contribution in [1.82, 2.24) is 10.6 Å². The Bertz CT molecular complexity index is 793. The third-order valence-corrected chi connectivity index (χ3v) is 5.68. The molecular weight excluding hydrogens is 440 g/mol. The molecule has 0 bridgehead atoms. The Morgan fingerprint density at radius 2 is 1.03 bits per heavy atom. The first-order valence-corrected chi connectivity index (χ1v) is 12.0. The van der Waals surface area contributed by atoms with Crippen molar-refractivity contribution in [3.8, 4) is 11.5 Å². The molecule has 0 aliphatic heterocycles. The maximum absolute atomic E-state index is 5.49. The Morgan fingerprint density at radius 3 is 1.34 bits per heavy atom. The maximum atomic E-state index is 5.49. The minimum absolute atomic E-state index is 0.364. The molecule has 8 heteroatoms. The smallest absolute Gasteiger partial charge is 0.170 e. The van der Waals surface area contributed by atoms with Crippen LogP contribution in [-0.4, -0.2) is 35.5 Å². The van der Waals surface area contributed by atoms with Crippen LogP contribution in [0.25, 0.3) is 0 Å². The van der Waals surface area contributed by atoms with Gasteiger partial charge in [-0.15, -0.1) is 0 Å². The lowest BCUT2D eigenvalue weighted by atomic mass is 9.91. The van der Waals surface area contributed by atoms with Gasteiger partial charge in [0.05, 0.1) is 13.2 Å². The molecule has 1 aliphatic rings. The van der Waals surface area contributed by atoms with Gasteiger partial charge in [0, 0.05) is 23.5 Å². The summed E-state index contributed by atoms with van der Waals surface area (Å²) in [6.07, 6.45) is 4.14. The van der Waals surface area contributed by atoms with Crippen LogP contribution in [0.3, 0.4) is 0 Å². The van der Waals surface area contributed by atoms with E-state index >= 15 is 0 Å². The molecule has 0 heterocycles. The van der Waals surface area contributed by atoms with Gasteiger partial charge < -0.3 is 30.7 Å². The van der Waals surface area contributed by atoms with E-state index in [4.69, 9.17) is 33.9 Å². The monoisotopic (exact) mass is 472 g/mol. The molecule has 0 atom stereocenters. The predicted octanol–water partition coefficient (Wildman–Crippen LogP) is 5.07. The van der Waals surface area contributed by atoms with E-state index in [0.717, 1.165) is 48.6 Å². The van der Waals surface area contributed by atoms with Crippen LogP contribution in [0.4, 0.5) is 11.4 Å². The first-order valence-electron chi connectivity index (χ1n) is 11.2. The van der Waals surface area contributed by atoms with Crippen LogP contribution in [0.2, 0.25) is 0 Å². The molecule has 0 aromatic heterocycles. The standard InChI is InChI=1S/C24H32N4O2S2/c1-3-29-21-13-9-19(10-14-21)27-23(31)25-17-5-7-18(8-6-17)26-24(32)28-20-11-15-22(16-12-20)30-4-2/h9-18H,3-8H2,1-2H3,(H2,25,27,31)(H2,26,28,32). The van der Waals surface area contributed by atoms with Gasteiger partial charge in [-0.3, -0.25) is 0 Å². The molecule has 172 valence electrons. The highest BCUT2D eigenvalue weighted by Gasteiger charge is 2.22. The summed E-state index contributed by atoms with van der Waals surface area (Å²) in [5.41, 5.74) is 1.90. The van der Waals surface area contributed by atoms with Crippen molar-refractivity contribution in [2.45, 2.75) is 51.6 Å². The Kier molecular flexibility index (Phi) is 9.37. The van der Waals surface area contributed by atoms with E-state index in [1.807, 2.05) is 62.4 Å². The second-order valence-corrected chi connectivity index (χ2v) is 8.48. The summed E-state index contributed by atoms with van der Waals surface area (Å²) in [7, 11) is 0. The molecule has 0 saturated heterocycles. The Hall–Kier alpha value is -2.58. The number of rotatable bonds is 8. The van der Waals surface area contributed by atoms with Gasteiger partial charge in [-0.1, -0.05) is 0 Å². The van der Waals surface area contributed by atoms with Gasteiger partial charge in [-0.25, -0.2) is 0 Å². The van der Waals surface area contributed by atoms with E-state index < -0.39 is 0 Å². The summed E-state index contributed by atoms with van der Waals surface area (Å²) in [6, 6.07) is 16.4. The lowest BCUT2D eigenvalue weighted by molar-refractivity contribution is 0.340. The minimum Gasteiger partial charge on any atom is -0.494 e. The topological polar surface area (TPSA) is 66.6 Å². The number of anilines is 2. The predicted molar refractivity (Wildman–Crippen MR) is 140 cm³/mol. The molecule has 0 radical (unpaired) electrons. The molecule has 4 N–H and O–H groups in total. The average Bonchev–Trinajstić information content (AvgIpc) is 2.78. The highest BCUT2D eigenvalue weighted by molar-refractivity contribution is 7.80. The van der Waals surface area contributed by atoms with E-state index in [1.165, 1.54) is 0 Å². The molecule has 1 aliphatic carbocycles. The second kappa shape index (κ2) is 12.5. The van der Waals surface area contributed by atoms with Gasteiger partial charge in [-0.2, -0.15) is 0 Å². The summed E-state index contributed by atoms with van der Waals surface area (Å²) >= 11 is 11.0. The van der Waals surface area contributed by atoms with E-state index in [0.29, 0.717) is 35.5 Å². The quantitative estimate of drug-likeness (QED) is 0.397. The van der Waals surface area contributed by atoms with E-state index in [1.54, 1.807) is 0 Å². The van der Waals surface area contributed by atoms with Crippen LogP contribution in [0, 0.1) is 0 Å². The Balaban J connectivity index is 1.36. The number of hydrogen-bond donors (Lipinski definition) is 4. The first kappa shape index (κ1) is 24.1. The van der Waals surface area contributed by atoms with E-state index in [-0.39, 0.29) is 0 Å². The van der Waals surface area contributed by atoms with Crippen molar-refractivity contribution in [2.24, 2.45) is 0 Å². The molecule has 0 unspecified atom stereocenters. The number of benzene rings is 2. The first-order chi connectivity index (χ1) is 15.6. The Morgan fingerprint density at radius 1 is 0.688 bits per heavy atom. The van der Waals surface area contributed by atoms with Crippen LogP contribution in [0.15, 0.2) is 48.5 Å². The fourth-order valence-electron chi connectivity index (χ4n) is 3.69. The largest absolute Gasteiger partial charge is 0.494 e. The zero-order valence-corrected chi connectivity index (χ0v) is 20.3. The molecular formula is C24H32N4O2S2. The van der Waals surface area contributed by atoms with Crippen LogP contribution >= 0.6 is 24.4 Å². The van der Waals surface area contributed by atoms with Crippen molar-refractivity contribution < 1.29 is 9.47 Å². The lowest BCUT2D eigenvalue weighted by Gasteiger charge is -2.31. The fourth-order valence-corrected chi connectivity index (χ4v) is 4.26. The molecule has 32 heavy (non-hydrogen) atoms. The highest BCUT2D eigenvalue weighted by Crippen LogP contribution is 2.20. The van der Waals surface area contributed by atoms with E-state index in [9.17, 15) is 0 Å². The Labute approximate surface area is 201 Å². The summed E-state index contributed by atoms with van der Waals surface area (Å²) in [5, 5.41) is 14.7. The number of hydrogen-bond acceptors (Lipinski definition) is 4. The summed E-state index contributed by atoms with van der Waals surface area (Å²) in [5.74, 6) is 1.72. The van der Waals surface area contributed by atoms with Gasteiger partial charge >= 0.3 is 0 Å². The molecule has 1 fully saturated rings. The van der Waals surface area contributed by atoms with Crippen molar-refractivity contribution in [1.29, 1.82) is 0 Å².